The summed E-state index contributed by atoms with van der Waals surface area (Å²) in [6.45, 7) is 1.32. The Morgan fingerprint density at radius 3 is 3.00 bits per heavy atom. The standard InChI is InChI=1S/C15H15F2N3OS/c1-22-15-18-12-5-6-20(8-10(12)14(21)19-15)7-9-3-2-4-11(16)13(9)17/h2-4H,5-8H2,1H3,(H,18,19,21). The van der Waals surface area contributed by atoms with Gasteiger partial charge in [0, 0.05) is 31.6 Å². The molecule has 1 aliphatic heterocycles. The van der Waals surface area contributed by atoms with Crippen molar-refractivity contribution in [3.05, 3.63) is 57.0 Å². The molecule has 1 N–H and O–H groups in total. The van der Waals surface area contributed by atoms with Crippen molar-refractivity contribution in [3.63, 3.8) is 0 Å². The van der Waals surface area contributed by atoms with Gasteiger partial charge in [-0.1, -0.05) is 23.9 Å². The van der Waals surface area contributed by atoms with Crippen LogP contribution in [0.15, 0.2) is 28.2 Å². The summed E-state index contributed by atoms with van der Waals surface area (Å²) in [5, 5.41) is 0.605. The highest BCUT2D eigenvalue weighted by molar-refractivity contribution is 7.98. The van der Waals surface area contributed by atoms with Gasteiger partial charge in [-0.3, -0.25) is 9.69 Å². The highest BCUT2D eigenvalue weighted by atomic mass is 32.2. The number of thioether (sulfide) groups is 1. The van der Waals surface area contributed by atoms with Crippen molar-refractivity contribution in [2.45, 2.75) is 24.7 Å². The molecule has 1 aromatic heterocycles. The summed E-state index contributed by atoms with van der Waals surface area (Å²) in [6, 6.07) is 4.15. The third-order valence-electron chi connectivity index (χ3n) is 3.74. The molecule has 0 radical (unpaired) electrons. The molecule has 0 saturated heterocycles. The Balaban J connectivity index is 1.83. The van der Waals surface area contributed by atoms with Crippen molar-refractivity contribution in [1.29, 1.82) is 0 Å². The smallest absolute Gasteiger partial charge is 0.256 e. The number of nitrogens with one attached hydrogen (secondary N) is 1. The summed E-state index contributed by atoms with van der Waals surface area (Å²) in [6.07, 6.45) is 2.48. The maximum atomic E-state index is 13.7. The van der Waals surface area contributed by atoms with Crippen molar-refractivity contribution in [2.24, 2.45) is 0 Å². The van der Waals surface area contributed by atoms with E-state index >= 15 is 0 Å². The van der Waals surface area contributed by atoms with E-state index in [1.165, 1.54) is 17.8 Å². The lowest BCUT2D eigenvalue weighted by Gasteiger charge is -2.27. The highest BCUT2D eigenvalue weighted by Gasteiger charge is 2.22. The molecule has 7 heteroatoms. The Morgan fingerprint density at radius 1 is 1.41 bits per heavy atom. The molecule has 1 aliphatic rings. The van der Waals surface area contributed by atoms with Gasteiger partial charge >= 0.3 is 0 Å². The Hall–Kier alpha value is -1.73. The zero-order valence-electron chi connectivity index (χ0n) is 12.0. The lowest BCUT2D eigenvalue weighted by molar-refractivity contribution is 0.236. The minimum Gasteiger partial charge on any atom is -0.301 e. The molecule has 0 fully saturated rings. The number of hydrogen-bond donors (Lipinski definition) is 1. The van der Waals surface area contributed by atoms with E-state index in [4.69, 9.17) is 0 Å². The van der Waals surface area contributed by atoms with Crippen LogP contribution < -0.4 is 5.56 Å². The molecule has 0 unspecified atom stereocenters. The molecular weight excluding hydrogens is 308 g/mol. The summed E-state index contributed by atoms with van der Waals surface area (Å²) in [5.74, 6) is -1.67. The summed E-state index contributed by atoms with van der Waals surface area (Å²) in [7, 11) is 0. The molecular formula is C15H15F2N3OS. The van der Waals surface area contributed by atoms with Crippen LogP contribution in [0.4, 0.5) is 8.78 Å². The first-order valence-electron chi connectivity index (χ1n) is 6.90. The lowest BCUT2D eigenvalue weighted by Crippen LogP contribution is -2.35. The van der Waals surface area contributed by atoms with Crippen LogP contribution in [0.3, 0.4) is 0 Å². The molecule has 22 heavy (non-hydrogen) atoms. The van der Waals surface area contributed by atoms with E-state index in [1.807, 2.05) is 11.2 Å². The Labute approximate surface area is 130 Å². The van der Waals surface area contributed by atoms with Crippen molar-refractivity contribution in [1.82, 2.24) is 14.9 Å². The second-order valence-corrected chi connectivity index (χ2v) is 5.97. The van der Waals surface area contributed by atoms with Gasteiger partial charge in [-0.05, 0) is 12.3 Å². The third-order valence-corrected chi connectivity index (χ3v) is 4.32. The van der Waals surface area contributed by atoms with Crippen molar-refractivity contribution in [3.8, 4) is 0 Å². The molecule has 0 bridgehead atoms. The molecule has 0 saturated carbocycles. The first-order valence-corrected chi connectivity index (χ1v) is 8.12. The van der Waals surface area contributed by atoms with Gasteiger partial charge in [0.2, 0.25) is 0 Å². The number of H-pyrrole nitrogens is 1. The predicted octanol–water partition coefficient (Wildman–Crippen LogP) is 2.33. The summed E-state index contributed by atoms with van der Waals surface area (Å²) >= 11 is 1.39. The Kier molecular flexibility index (Phi) is 4.26. The van der Waals surface area contributed by atoms with Gasteiger partial charge in [0.1, 0.15) is 0 Å². The number of fused-ring (bicyclic) bond motifs is 1. The maximum absolute atomic E-state index is 13.7. The second-order valence-electron chi connectivity index (χ2n) is 5.17. The van der Waals surface area contributed by atoms with E-state index in [0.29, 0.717) is 35.8 Å². The van der Waals surface area contributed by atoms with E-state index < -0.39 is 11.6 Å². The largest absolute Gasteiger partial charge is 0.301 e. The number of nitrogens with zero attached hydrogens (tertiary/aromatic N) is 2. The first-order chi connectivity index (χ1) is 10.6. The molecule has 0 atom stereocenters. The summed E-state index contributed by atoms with van der Waals surface area (Å²) < 4.78 is 27.0. The summed E-state index contributed by atoms with van der Waals surface area (Å²) in [5.41, 5.74) is 1.55. The Bertz CT molecular complexity index is 763. The van der Waals surface area contributed by atoms with Crippen LogP contribution in [0.5, 0.6) is 0 Å². The van der Waals surface area contributed by atoms with Crippen molar-refractivity contribution in [2.75, 3.05) is 12.8 Å². The predicted molar refractivity (Wildman–Crippen MR) is 80.8 cm³/mol. The monoisotopic (exact) mass is 323 g/mol. The third kappa shape index (κ3) is 2.91. The molecule has 0 spiro atoms. The molecule has 3 rings (SSSR count). The molecule has 116 valence electrons. The minimum absolute atomic E-state index is 0.154. The second kappa shape index (κ2) is 6.18. The number of rotatable bonds is 3. The van der Waals surface area contributed by atoms with Gasteiger partial charge in [0.05, 0.1) is 11.3 Å². The van der Waals surface area contributed by atoms with Crippen LogP contribution in [-0.4, -0.2) is 27.7 Å². The van der Waals surface area contributed by atoms with Gasteiger partial charge in [0.15, 0.2) is 16.8 Å². The zero-order chi connectivity index (χ0) is 15.7. The van der Waals surface area contributed by atoms with E-state index in [-0.39, 0.29) is 12.1 Å². The van der Waals surface area contributed by atoms with Crippen LogP contribution in [0.2, 0.25) is 0 Å². The van der Waals surface area contributed by atoms with Crippen LogP contribution in [0.1, 0.15) is 16.8 Å². The number of benzene rings is 1. The van der Waals surface area contributed by atoms with Crippen molar-refractivity contribution < 1.29 is 8.78 Å². The molecule has 4 nitrogen and oxygen atoms in total. The summed E-state index contributed by atoms with van der Waals surface area (Å²) in [4.78, 5) is 21.2. The Morgan fingerprint density at radius 2 is 2.23 bits per heavy atom. The molecule has 2 aromatic rings. The number of hydrogen-bond acceptors (Lipinski definition) is 4. The number of aromatic nitrogens is 2. The van der Waals surface area contributed by atoms with Crippen molar-refractivity contribution >= 4 is 11.8 Å². The van der Waals surface area contributed by atoms with Gasteiger partial charge in [-0.2, -0.15) is 0 Å². The van der Waals surface area contributed by atoms with Gasteiger partial charge < -0.3 is 4.98 Å². The minimum atomic E-state index is -0.848. The van der Waals surface area contributed by atoms with E-state index in [0.717, 1.165) is 11.8 Å². The fraction of sp³-hybridized carbons (Fsp3) is 0.333. The normalized spacial score (nSPS) is 14.9. The molecule has 0 aliphatic carbocycles. The van der Waals surface area contributed by atoms with Crippen LogP contribution in [-0.2, 0) is 19.5 Å². The number of halogens is 2. The van der Waals surface area contributed by atoms with E-state index in [1.54, 1.807) is 6.07 Å². The fourth-order valence-corrected chi connectivity index (χ4v) is 3.00. The lowest BCUT2D eigenvalue weighted by atomic mass is 10.1. The maximum Gasteiger partial charge on any atom is 0.256 e. The number of aromatic amines is 1. The van der Waals surface area contributed by atoms with Crippen LogP contribution in [0.25, 0.3) is 0 Å². The molecule has 2 heterocycles. The zero-order valence-corrected chi connectivity index (χ0v) is 12.8. The van der Waals surface area contributed by atoms with Gasteiger partial charge in [-0.15, -0.1) is 0 Å². The molecule has 0 amide bonds. The fourth-order valence-electron chi connectivity index (χ4n) is 2.60. The van der Waals surface area contributed by atoms with Crippen LogP contribution in [0, 0.1) is 11.6 Å². The van der Waals surface area contributed by atoms with E-state index in [9.17, 15) is 13.6 Å². The quantitative estimate of drug-likeness (QED) is 0.696. The SMILES string of the molecule is CSc1nc2c(c(=O)[nH]1)CN(Cc1cccc(F)c1F)CC2. The first kappa shape index (κ1) is 15.2. The van der Waals surface area contributed by atoms with Crippen LogP contribution >= 0.6 is 11.8 Å². The average Bonchev–Trinajstić information content (AvgIpc) is 2.52. The van der Waals surface area contributed by atoms with Gasteiger partial charge in [-0.25, -0.2) is 13.8 Å². The molecule has 1 aromatic carbocycles. The highest BCUT2D eigenvalue weighted by Crippen LogP contribution is 2.20. The topological polar surface area (TPSA) is 49.0 Å². The van der Waals surface area contributed by atoms with Gasteiger partial charge in [0.25, 0.3) is 5.56 Å². The average molecular weight is 323 g/mol. The van der Waals surface area contributed by atoms with E-state index in [2.05, 4.69) is 9.97 Å².